The standard InChI is InChI=1S/C11H20N2O2.C2HF3O2/c1-9(12)10(14)15-8-11-2-5-13(6-3-11)7-4-11;3-2(4,5)1(6)7/h9H,2-8,12H2,1H3;(H,6,7)/t9-;/m0./s1. The highest BCUT2D eigenvalue weighted by Gasteiger charge is 2.43. The van der Waals surface area contributed by atoms with Crippen molar-refractivity contribution in [3.8, 4) is 0 Å². The summed E-state index contributed by atoms with van der Waals surface area (Å²) in [5.41, 5.74) is 5.75. The van der Waals surface area contributed by atoms with Gasteiger partial charge >= 0.3 is 12.1 Å². The van der Waals surface area contributed by atoms with Crippen molar-refractivity contribution in [3.63, 3.8) is 0 Å². The van der Waals surface area contributed by atoms with Crippen molar-refractivity contribution < 1.29 is 37.5 Å². The second-order valence-electron chi connectivity index (χ2n) is 5.93. The van der Waals surface area contributed by atoms with Crippen molar-refractivity contribution >= 4 is 11.9 Å². The zero-order valence-electron chi connectivity index (χ0n) is 12.4. The van der Waals surface area contributed by atoms with Crippen molar-refractivity contribution in [2.45, 2.75) is 38.4 Å². The van der Waals surface area contributed by atoms with E-state index in [1.165, 1.54) is 38.9 Å². The second-order valence-corrected chi connectivity index (χ2v) is 5.93. The number of esters is 1. The van der Waals surface area contributed by atoms with E-state index in [1.807, 2.05) is 0 Å². The fourth-order valence-electron chi connectivity index (χ4n) is 2.65. The number of hydrogen-bond donors (Lipinski definition) is 2. The smallest absolute Gasteiger partial charge is 0.430 e. The van der Waals surface area contributed by atoms with E-state index >= 15 is 0 Å². The molecular weight excluding hydrogens is 305 g/mol. The summed E-state index contributed by atoms with van der Waals surface area (Å²) < 4.78 is 36.8. The van der Waals surface area contributed by atoms with Crippen LogP contribution in [0, 0.1) is 5.41 Å². The number of carboxylic acid groups (broad SMARTS) is 1. The maximum atomic E-state index is 11.3. The predicted octanol–water partition coefficient (Wildman–Crippen LogP) is -1.76. The molecule has 2 bridgehead atoms. The van der Waals surface area contributed by atoms with Crippen LogP contribution < -0.4 is 15.7 Å². The molecule has 0 aliphatic carbocycles. The normalized spacial score (nSPS) is 28.3. The van der Waals surface area contributed by atoms with E-state index in [1.54, 1.807) is 11.8 Å². The number of ether oxygens (including phenoxy) is 1. The Hall–Kier alpha value is -1.35. The number of nitrogens with two attached hydrogens (primary N) is 1. The van der Waals surface area contributed by atoms with E-state index in [0.29, 0.717) is 6.61 Å². The van der Waals surface area contributed by atoms with Crippen molar-refractivity contribution in [2.24, 2.45) is 11.1 Å². The highest BCUT2D eigenvalue weighted by atomic mass is 19.4. The highest BCUT2D eigenvalue weighted by Crippen LogP contribution is 2.34. The molecule has 22 heavy (non-hydrogen) atoms. The zero-order valence-corrected chi connectivity index (χ0v) is 12.4. The summed E-state index contributed by atoms with van der Waals surface area (Å²) in [4.78, 5) is 21.8. The SMILES string of the molecule is C[C@H](N)C(=O)OCC12CC[NH+](CC1)CC2.O=C([O-])C(F)(F)F. The number of carbonyl (C=O) groups excluding carboxylic acids is 2. The molecule has 3 aliphatic rings. The van der Waals surface area contributed by atoms with E-state index in [0.717, 1.165) is 0 Å². The molecule has 0 radical (unpaired) electrons. The Bertz CT molecular complexity index is 391. The Morgan fingerprint density at radius 1 is 1.27 bits per heavy atom. The molecule has 1 atom stereocenters. The van der Waals surface area contributed by atoms with Gasteiger partial charge < -0.3 is 25.3 Å². The Labute approximate surface area is 126 Å². The van der Waals surface area contributed by atoms with Crippen molar-refractivity contribution in [3.05, 3.63) is 0 Å². The lowest BCUT2D eigenvalue weighted by atomic mass is 9.73. The number of piperidine rings is 3. The van der Waals surface area contributed by atoms with Crippen LogP contribution in [-0.4, -0.2) is 50.4 Å². The molecule has 3 aliphatic heterocycles. The van der Waals surface area contributed by atoms with E-state index in [-0.39, 0.29) is 11.4 Å². The molecule has 3 saturated heterocycles. The first kappa shape index (κ1) is 18.7. The van der Waals surface area contributed by atoms with E-state index < -0.39 is 18.2 Å². The van der Waals surface area contributed by atoms with Gasteiger partial charge in [0.2, 0.25) is 0 Å². The van der Waals surface area contributed by atoms with Crippen molar-refractivity contribution in [2.75, 3.05) is 26.2 Å². The van der Waals surface area contributed by atoms with Crippen molar-refractivity contribution in [1.82, 2.24) is 0 Å². The highest BCUT2D eigenvalue weighted by molar-refractivity contribution is 5.74. The van der Waals surface area contributed by atoms with E-state index in [2.05, 4.69) is 0 Å². The first-order chi connectivity index (χ1) is 10.1. The Kier molecular flexibility index (Phi) is 6.18. The largest absolute Gasteiger partial charge is 0.542 e. The lowest BCUT2D eigenvalue weighted by molar-refractivity contribution is -0.919. The van der Waals surface area contributed by atoms with Crippen LogP contribution in [0.25, 0.3) is 0 Å². The minimum atomic E-state index is -5.19. The van der Waals surface area contributed by atoms with Gasteiger partial charge in [-0.05, 0) is 6.92 Å². The van der Waals surface area contributed by atoms with Gasteiger partial charge in [-0.25, -0.2) is 0 Å². The molecule has 128 valence electrons. The number of carbonyl (C=O) groups is 2. The number of aliphatic carboxylic acids is 1. The van der Waals surface area contributed by atoms with E-state index in [9.17, 15) is 18.0 Å². The van der Waals surface area contributed by atoms with Crippen LogP contribution in [0.5, 0.6) is 0 Å². The minimum absolute atomic E-state index is 0.260. The Morgan fingerprint density at radius 2 is 1.68 bits per heavy atom. The molecule has 3 fully saturated rings. The van der Waals surface area contributed by atoms with Gasteiger partial charge in [0.1, 0.15) is 12.0 Å². The molecule has 0 aromatic heterocycles. The van der Waals surface area contributed by atoms with Crippen LogP contribution in [-0.2, 0) is 14.3 Å². The van der Waals surface area contributed by atoms with Crippen LogP contribution in [0.4, 0.5) is 13.2 Å². The number of rotatable bonds is 3. The summed E-state index contributed by atoms with van der Waals surface area (Å²) in [6.07, 6.45) is -1.59. The molecular formula is C13H21F3N2O4. The number of hydrogen-bond acceptors (Lipinski definition) is 5. The van der Waals surface area contributed by atoms with Gasteiger partial charge in [-0.2, -0.15) is 13.2 Å². The summed E-state index contributed by atoms with van der Waals surface area (Å²) in [6.45, 7) is 6.00. The summed E-state index contributed by atoms with van der Waals surface area (Å²) in [5, 5.41) is 8.78. The maximum absolute atomic E-state index is 11.3. The molecule has 3 rings (SSSR count). The average Bonchev–Trinajstić information content (AvgIpc) is 2.46. The van der Waals surface area contributed by atoms with Crippen LogP contribution in [0.1, 0.15) is 26.2 Å². The number of quaternary nitrogens is 1. The Balaban J connectivity index is 0.000000295. The van der Waals surface area contributed by atoms with E-state index in [4.69, 9.17) is 20.4 Å². The van der Waals surface area contributed by atoms with Crippen LogP contribution >= 0.6 is 0 Å². The molecule has 0 saturated carbocycles. The van der Waals surface area contributed by atoms with Crippen LogP contribution in [0.2, 0.25) is 0 Å². The molecule has 3 heterocycles. The van der Waals surface area contributed by atoms with Crippen LogP contribution in [0.3, 0.4) is 0 Å². The fraction of sp³-hybridized carbons (Fsp3) is 0.846. The summed E-state index contributed by atoms with van der Waals surface area (Å²) in [7, 11) is 0. The number of halogens is 3. The first-order valence-corrected chi connectivity index (χ1v) is 7.10. The lowest BCUT2D eigenvalue weighted by Crippen LogP contribution is -3.15. The van der Waals surface area contributed by atoms with Crippen LogP contribution in [0.15, 0.2) is 0 Å². The first-order valence-electron chi connectivity index (χ1n) is 7.10. The molecule has 0 aromatic rings. The maximum Gasteiger partial charge on any atom is 0.430 e. The number of alkyl halides is 3. The third-order valence-corrected chi connectivity index (χ3v) is 4.15. The van der Waals surface area contributed by atoms with Gasteiger partial charge in [-0.1, -0.05) is 0 Å². The number of carboxylic acids is 1. The quantitative estimate of drug-likeness (QED) is 0.599. The van der Waals surface area contributed by atoms with Gasteiger partial charge in [0, 0.05) is 24.7 Å². The number of fused-ring (bicyclic) bond motifs is 3. The molecule has 0 unspecified atom stereocenters. The topological polar surface area (TPSA) is 96.9 Å². The third-order valence-electron chi connectivity index (χ3n) is 4.15. The van der Waals surface area contributed by atoms with Gasteiger partial charge in [0.25, 0.3) is 0 Å². The molecule has 0 aromatic carbocycles. The third kappa shape index (κ3) is 5.45. The molecule has 3 N–H and O–H groups in total. The summed E-state index contributed by atoms with van der Waals surface area (Å²) in [5.74, 6) is -3.27. The summed E-state index contributed by atoms with van der Waals surface area (Å²) in [6, 6.07) is -0.490. The molecule has 9 heteroatoms. The minimum Gasteiger partial charge on any atom is -0.542 e. The van der Waals surface area contributed by atoms with Crippen molar-refractivity contribution in [1.29, 1.82) is 0 Å². The Morgan fingerprint density at radius 3 is 2.00 bits per heavy atom. The second kappa shape index (κ2) is 7.28. The van der Waals surface area contributed by atoms with Gasteiger partial charge in [0.15, 0.2) is 0 Å². The van der Waals surface area contributed by atoms with Gasteiger partial charge in [-0.3, -0.25) is 4.79 Å². The number of nitrogens with one attached hydrogen (secondary N) is 1. The fourth-order valence-corrected chi connectivity index (χ4v) is 2.65. The monoisotopic (exact) mass is 326 g/mol. The molecule has 6 nitrogen and oxygen atoms in total. The zero-order chi connectivity index (χ0) is 17.0. The molecule has 0 amide bonds. The van der Waals surface area contributed by atoms with Gasteiger partial charge in [-0.15, -0.1) is 0 Å². The summed E-state index contributed by atoms with van der Waals surface area (Å²) >= 11 is 0. The molecule has 0 spiro atoms. The average molecular weight is 326 g/mol. The predicted molar refractivity (Wildman–Crippen MR) is 67.5 cm³/mol. The lowest BCUT2D eigenvalue weighted by Gasteiger charge is -2.45. The van der Waals surface area contributed by atoms with Gasteiger partial charge in [0.05, 0.1) is 26.2 Å².